The van der Waals surface area contributed by atoms with Crippen LogP contribution in [0, 0.1) is 6.10 Å². The summed E-state index contributed by atoms with van der Waals surface area (Å²) in [5, 5.41) is 0. The molecule has 0 aliphatic carbocycles. The minimum absolute atomic E-state index is 0.509. The first kappa shape index (κ1) is 5.10. The van der Waals surface area contributed by atoms with Crippen molar-refractivity contribution >= 4 is 0 Å². The third-order valence-electron chi connectivity index (χ3n) is 1.28. The molecule has 1 aliphatic heterocycles. The summed E-state index contributed by atoms with van der Waals surface area (Å²) in [6.45, 7) is 4.22. The second-order valence-electron chi connectivity index (χ2n) is 2.02. The van der Waals surface area contributed by atoms with Crippen LogP contribution in [0.5, 0.6) is 0 Å². The molecule has 0 aromatic heterocycles. The summed E-state index contributed by atoms with van der Waals surface area (Å²) in [7, 11) is 0. The summed E-state index contributed by atoms with van der Waals surface area (Å²) in [5.41, 5.74) is 0. The Bertz CT molecular complexity index is 55.2. The van der Waals surface area contributed by atoms with Gasteiger partial charge in [-0.25, -0.2) is 0 Å². The molecule has 0 aromatic carbocycles. The highest BCUT2D eigenvalue weighted by Gasteiger charge is 2.24. The Morgan fingerprint density at radius 3 is 2.57 bits per heavy atom. The third-order valence-corrected chi connectivity index (χ3v) is 1.28. The van der Waals surface area contributed by atoms with Crippen molar-refractivity contribution in [2.24, 2.45) is 0 Å². The van der Waals surface area contributed by atoms with Crippen molar-refractivity contribution in [3.8, 4) is 0 Å². The van der Waals surface area contributed by atoms with E-state index in [0.717, 1.165) is 6.42 Å². The van der Waals surface area contributed by atoms with E-state index in [1.165, 1.54) is 12.5 Å². The van der Waals surface area contributed by atoms with Crippen LogP contribution >= 0.6 is 0 Å². The van der Waals surface area contributed by atoms with Gasteiger partial charge in [-0.2, -0.15) is 0 Å². The Balaban J connectivity index is 2.06. The maximum Gasteiger partial charge on any atom is 0.0997 e. The van der Waals surface area contributed by atoms with Crippen molar-refractivity contribution in [3.05, 3.63) is 6.10 Å². The van der Waals surface area contributed by atoms with Crippen LogP contribution in [0.3, 0.4) is 0 Å². The molecule has 7 heavy (non-hydrogen) atoms. The van der Waals surface area contributed by atoms with Crippen molar-refractivity contribution in [1.29, 1.82) is 0 Å². The molecule has 1 heterocycles. The van der Waals surface area contributed by atoms with E-state index >= 15 is 0 Å². The Hall–Kier alpha value is -0.0400. The fourth-order valence-electron chi connectivity index (χ4n) is 0.823. The fourth-order valence-corrected chi connectivity index (χ4v) is 0.823. The van der Waals surface area contributed by atoms with Crippen LogP contribution in [-0.2, 0) is 4.74 Å². The lowest BCUT2D eigenvalue weighted by molar-refractivity contribution is -0.0340. The van der Waals surface area contributed by atoms with Crippen molar-refractivity contribution in [1.82, 2.24) is 0 Å². The van der Waals surface area contributed by atoms with E-state index in [0.29, 0.717) is 6.10 Å². The van der Waals surface area contributed by atoms with Crippen LogP contribution in [0.2, 0.25) is 0 Å². The average Bonchev–Trinajstić information content (AvgIpc) is 1.58. The molecular formula is C6H11O. The van der Waals surface area contributed by atoms with Crippen molar-refractivity contribution < 1.29 is 4.74 Å². The maximum absolute atomic E-state index is 5.20. The van der Waals surface area contributed by atoms with E-state index in [4.69, 9.17) is 4.74 Å². The van der Waals surface area contributed by atoms with Gasteiger partial charge in [0.2, 0.25) is 0 Å². The minimum atomic E-state index is 0.509. The lowest BCUT2D eigenvalue weighted by Crippen LogP contribution is -2.26. The van der Waals surface area contributed by atoms with Gasteiger partial charge in [-0.15, -0.1) is 0 Å². The first-order valence-corrected chi connectivity index (χ1v) is 2.84. The van der Waals surface area contributed by atoms with Crippen LogP contribution in [-0.4, -0.2) is 6.10 Å². The van der Waals surface area contributed by atoms with Crippen LogP contribution in [0.1, 0.15) is 26.7 Å². The SMILES string of the molecule is CC[C]1CC(C)O1. The zero-order valence-electron chi connectivity index (χ0n) is 4.90. The molecule has 1 aliphatic rings. The number of hydrogen-bond donors (Lipinski definition) is 0. The highest BCUT2D eigenvalue weighted by Crippen LogP contribution is 2.28. The van der Waals surface area contributed by atoms with Crippen LogP contribution in [0.15, 0.2) is 0 Å². The summed E-state index contributed by atoms with van der Waals surface area (Å²) in [6, 6.07) is 0. The second-order valence-corrected chi connectivity index (χ2v) is 2.02. The highest BCUT2D eigenvalue weighted by molar-refractivity contribution is 4.89. The molecular weight excluding hydrogens is 88.1 g/mol. The molecule has 1 radical (unpaired) electrons. The topological polar surface area (TPSA) is 9.23 Å². The third kappa shape index (κ3) is 0.942. The van der Waals surface area contributed by atoms with E-state index in [1.54, 1.807) is 0 Å². The fraction of sp³-hybridized carbons (Fsp3) is 0.833. The molecule has 1 heteroatoms. The number of hydrogen-bond acceptors (Lipinski definition) is 1. The number of rotatable bonds is 1. The predicted octanol–water partition coefficient (Wildman–Crippen LogP) is 1.74. The molecule has 1 saturated heterocycles. The molecule has 1 fully saturated rings. The van der Waals surface area contributed by atoms with Crippen LogP contribution < -0.4 is 0 Å². The summed E-state index contributed by atoms with van der Waals surface area (Å²) in [5.74, 6) is 0. The molecule has 0 spiro atoms. The van der Waals surface area contributed by atoms with E-state index in [9.17, 15) is 0 Å². The van der Waals surface area contributed by atoms with E-state index in [2.05, 4.69) is 13.8 Å². The lowest BCUT2D eigenvalue weighted by atomic mass is 10.1. The van der Waals surface area contributed by atoms with Gasteiger partial charge >= 0.3 is 0 Å². The summed E-state index contributed by atoms with van der Waals surface area (Å²) in [4.78, 5) is 0. The van der Waals surface area contributed by atoms with Crippen LogP contribution in [0.4, 0.5) is 0 Å². The number of ether oxygens (including phenoxy) is 1. The monoisotopic (exact) mass is 99.1 g/mol. The average molecular weight is 99.2 g/mol. The molecule has 0 bridgehead atoms. The second kappa shape index (κ2) is 1.83. The standard InChI is InChI=1S/C6H11O/c1-3-6-4-5(2)7-6/h5H,3-4H2,1-2H3. The Labute approximate surface area is 44.7 Å². The van der Waals surface area contributed by atoms with Crippen molar-refractivity contribution in [3.63, 3.8) is 0 Å². The first-order valence-electron chi connectivity index (χ1n) is 2.84. The molecule has 41 valence electrons. The molecule has 0 N–H and O–H groups in total. The van der Waals surface area contributed by atoms with E-state index in [1.807, 2.05) is 0 Å². The summed E-state index contributed by atoms with van der Waals surface area (Å²) < 4.78 is 5.20. The van der Waals surface area contributed by atoms with Crippen molar-refractivity contribution in [2.75, 3.05) is 0 Å². The van der Waals surface area contributed by atoms with Gasteiger partial charge in [-0.3, -0.25) is 0 Å². The smallest absolute Gasteiger partial charge is 0.0997 e. The lowest BCUT2D eigenvalue weighted by Gasteiger charge is -2.31. The Morgan fingerprint density at radius 1 is 1.86 bits per heavy atom. The van der Waals surface area contributed by atoms with Gasteiger partial charge in [0, 0.05) is 6.42 Å². The normalized spacial score (nSPS) is 32.6. The Kier molecular flexibility index (Phi) is 1.33. The highest BCUT2D eigenvalue weighted by atomic mass is 16.5. The first-order chi connectivity index (χ1) is 3.33. The summed E-state index contributed by atoms with van der Waals surface area (Å²) >= 11 is 0. The van der Waals surface area contributed by atoms with Gasteiger partial charge in [0.25, 0.3) is 0 Å². The van der Waals surface area contributed by atoms with Gasteiger partial charge < -0.3 is 4.74 Å². The largest absolute Gasteiger partial charge is 0.369 e. The van der Waals surface area contributed by atoms with Gasteiger partial charge in [0.1, 0.15) is 0 Å². The zero-order valence-corrected chi connectivity index (χ0v) is 4.90. The molecule has 0 amide bonds. The minimum Gasteiger partial charge on any atom is -0.369 e. The summed E-state index contributed by atoms with van der Waals surface area (Å²) in [6.07, 6.45) is 4.07. The molecule has 1 rings (SSSR count). The molecule has 0 saturated carbocycles. The quantitative estimate of drug-likeness (QED) is 0.486. The van der Waals surface area contributed by atoms with Crippen molar-refractivity contribution in [2.45, 2.75) is 32.8 Å². The van der Waals surface area contributed by atoms with Gasteiger partial charge in [0.05, 0.1) is 12.2 Å². The zero-order chi connectivity index (χ0) is 5.28. The maximum atomic E-state index is 5.20. The molecule has 0 aromatic rings. The van der Waals surface area contributed by atoms with Gasteiger partial charge in [-0.1, -0.05) is 6.92 Å². The molecule has 1 nitrogen and oxygen atoms in total. The van der Waals surface area contributed by atoms with E-state index < -0.39 is 0 Å². The Morgan fingerprint density at radius 2 is 2.43 bits per heavy atom. The predicted molar refractivity (Wildman–Crippen MR) is 28.7 cm³/mol. The molecule has 1 unspecified atom stereocenters. The molecule has 1 atom stereocenters. The van der Waals surface area contributed by atoms with Gasteiger partial charge in [-0.05, 0) is 13.3 Å². The van der Waals surface area contributed by atoms with E-state index in [-0.39, 0.29) is 0 Å². The van der Waals surface area contributed by atoms with Crippen LogP contribution in [0.25, 0.3) is 0 Å². The van der Waals surface area contributed by atoms with Gasteiger partial charge in [0.15, 0.2) is 0 Å².